The van der Waals surface area contributed by atoms with E-state index in [0.29, 0.717) is 11.8 Å². The molecular weight excluding hydrogens is 188 g/mol. The predicted molar refractivity (Wildman–Crippen MR) is 60.0 cm³/mol. The molecule has 3 nitrogen and oxygen atoms in total. The van der Waals surface area contributed by atoms with Crippen molar-refractivity contribution in [3.8, 4) is 0 Å². The van der Waals surface area contributed by atoms with Crippen LogP contribution < -0.4 is 5.32 Å². The molecule has 1 N–H and O–H groups in total. The number of hydrogen-bond acceptors (Lipinski definition) is 3. The lowest BCUT2D eigenvalue weighted by atomic mass is 10.1. The zero-order valence-corrected chi connectivity index (χ0v) is 9.84. The summed E-state index contributed by atoms with van der Waals surface area (Å²) in [7, 11) is 0. The molecule has 1 unspecified atom stereocenters. The lowest BCUT2D eigenvalue weighted by molar-refractivity contribution is 0.438. The standard InChI is InChI=1S/C12H20N2O/c1-8(2)6-11-9(3)15-12(14-11)10-4-5-13-7-10/h8,10,13H,4-7H2,1-3H3. The SMILES string of the molecule is Cc1oc(C2CCNC2)nc1CC(C)C. The predicted octanol–water partition coefficient (Wildman–Crippen LogP) is 2.26. The zero-order chi connectivity index (χ0) is 10.8. The molecule has 0 aromatic carbocycles. The quantitative estimate of drug-likeness (QED) is 0.828. The van der Waals surface area contributed by atoms with Crippen molar-refractivity contribution in [3.63, 3.8) is 0 Å². The van der Waals surface area contributed by atoms with E-state index in [0.717, 1.165) is 43.3 Å². The first-order chi connectivity index (χ1) is 7.16. The molecule has 3 heteroatoms. The molecule has 2 rings (SSSR count). The minimum absolute atomic E-state index is 0.490. The number of nitrogens with zero attached hydrogens (tertiary/aromatic N) is 1. The Bertz CT molecular complexity index is 324. The Kier molecular flexibility index (Phi) is 3.10. The zero-order valence-electron chi connectivity index (χ0n) is 9.84. The molecule has 0 amide bonds. The van der Waals surface area contributed by atoms with Crippen LogP contribution in [0.5, 0.6) is 0 Å². The van der Waals surface area contributed by atoms with Crippen molar-refractivity contribution in [2.45, 2.75) is 39.5 Å². The van der Waals surface area contributed by atoms with E-state index in [1.807, 2.05) is 6.92 Å². The third kappa shape index (κ3) is 2.40. The van der Waals surface area contributed by atoms with Crippen LogP contribution >= 0.6 is 0 Å². The van der Waals surface area contributed by atoms with Crippen LogP contribution in [0.4, 0.5) is 0 Å². The highest BCUT2D eigenvalue weighted by atomic mass is 16.4. The molecule has 0 spiro atoms. The summed E-state index contributed by atoms with van der Waals surface area (Å²) in [4.78, 5) is 4.63. The Labute approximate surface area is 91.3 Å². The molecule has 1 atom stereocenters. The Morgan fingerprint density at radius 2 is 2.33 bits per heavy atom. The molecule has 1 aromatic rings. The van der Waals surface area contributed by atoms with Gasteiger partial charge in [-0.25, -0.2) is 4.98 Å². The fourth-order valence-corrected chi connectivity index (χ4v) is 2.07. The van der Waals surface area contributed by atoms with E-state index in [-0.39, 0.29) is 0 Å². The summed E-state index contributed by atoms with van der Waals surface area (Å²) in [6, 6.07) is 0. The number of hydrogen-bond donors (Lipinski definition) is 1. The van der Waals surface area contributed by atoms with Crippen LogP contribution in [-0.2, 0) is 6.42 Å². The van der Waals surface area contributed by atoms with Crippen LogP contribution in [0.1, 0.15) is 43.5 Å². The van der Waals surface area contributed by atoms with Gasteiger partial charge in [-0.1, -0.05) is 13.8 Å². The highest BCUT2D eigenvalue weighted by Gasteiger charge is 2.23. The molecule has 0 aliphatic carbocycles. The van der Waals surface area contributed by atoms with E-state index in [9.17, 15) is 0 Å². The summed E-state index contributed by atoms with van der Waals surface area (Å²) >= 11 is 0. The van der Waals surface area contributed by atoms with E-state index in [2.05, 4.69) is 24.1 Å². The lowest BCUT2D eigenvalue weighted by Gasteiger charge is -2.01. The van der Waals surface area contributed by atoms with Gasteiger partial charge < -0.3 is 9.73 Å². The maximum Gasteiger partial charge on any atom is 0.199 e. The Balaban J connectivity index is 2.12. The maximum atomic E-state index is 5.75. The van der Waals surface area contributed by atoms with Gasteiger partial charge in [0.05, 0.1) is 5.69 Å². The van der Waals surface area contributed by atoms with Gasteiger partial charge in [0.2, 0.25) is 0 Å². The third-order valence-electron chi connectivity index (χ3n) is 2.92. The van der Waals surface area contributed by atoms with Gasteiger partial charge in [-0.15, -0.1) is 0 Å². The average molecular weight is 208 g/mol. The van der Waals surface area contributed by atoms with Gasteiger partial charge in [-0.2, -0.15) is 0 Å². The first-order valence-electron chi connectivity index (χ1n) is 5.83. The van der Waals surface area contributed by atoms with Crippen molar-refractivity contribution in [2.75, 3.05) is 13.1 Å². The van der Waals surface area contributed by atoms with Gasteiger partial charge in [-0.05, 0) is 32.2 Å². The normalized spacial score (nSPS) is 21.5. The maximum absolute atomic E-state index is 5.75. The smallest absolute Gasteiger partial charge is 0.199 e. The number of rotatable bonds is 3. The molecular formula is C12H20N2O. The number of aryl methyl sites for hydroxylation is 1. The second kappa shape index (κ2) is 4.35. The van der Waals surface area contributed by atoms with Crippen molar-refractivity contribution in [1.82, 2.24) is 10.3 Å². The van der Waals surface area contributed by atoms with Crippen molar-refractivity contribution >= 4 is 0 Å². The third-order valence-corrected chi connectivity index (χ3v) is 2.92. The van der Waals surface area contributed by atoms with E-state index >= 15 is 0 Å². The summed E-state index contributed by atoms with van der Waals surface area (Å²) in [5, 5.41) is 3.34. The Hall–Kier alpha value is -0.830. The lowest BCUT2D eigenvalue weighted by Crippen LogP contribution is -2.08. The fraction of sp³-hybridized carbons (Fsp3) is 0.750. The molecule has 15 heavy (non-hydrogen) atoms. The molecule has 0 bridgehead atoms. The van der Waals surface area contributed by atoms with Crippen LogP contribution in [0.2, 0.25) is 0 Å². The van der Waals surface area contributed by atoms with Crippen molar-refractivity contribution < 1.29 is 4.42 Å². The molecule has 0 radical (unpaired) electrons. The first-order valence-corrected chi connectivity index (χ1v) is 5.83. The van der Waals surface area contributed by atoms with E-state index in [4.69, 9.17) is 4.42 Å². The summed E-state index contributed by atoms with van der Waals surface area (Å²) < 4.78 is 5.75. The van der Waals surface area contributed by atoms with Gasteiger partial charge in [0.15, 0.2) is 5.89 Å². The van der Waals surface area contributed by atoms with Crippen molar-refractivity contribution in [3.05, 3.63) is 17.3 Å². The first kappa shape index (κ1) is 10.7. The summed E-state index contributed by atoms with van der Waals surface area (Å²) in [5.74, 6) is 3.08. The monoisotopic (exact) mass is 208 g/mol. The average Bonchev–Trinajstić information content (AvgIpc) is 2.75. The van der Waals surface area contributed by atoms with Crippen molar-refractivity contribution in [2.24, 2.45) is 5.92 Å². The highest BCUT2D eigenvalue weighted by Crippen LogP contribution is 2.24. The molecule has 1 saturated heterocycles. The summed E-state index contributed by atoms with van der Waals surface area (Å²) in [5.41, 5.74) is 1.15. The number of nitrogens with one attached hydrogen (secondary N) is 1. The number of aromatic nitrogens is 1. The Morgan fingerprint density at radius 1 is 1.53 bits per heavy atom. The molecule has 1 aromatic heterocycles. The van der Waals surface area contributed by atoms with Gasteiger partial charge in [0.1, 0.15) is 5.76 Å². The van der Waals surface area contributed by atoms with Crippen LogP contribution in [0.15, 0.2) is 4.42 Å². The van der Waals surface area contributed by atoms with E-state index in [1.54, 1.807) is 0 Å². The van der Waals surface area contributed by atoms with Gasteiger partial charge in [-0.3, -0.25) is 0 Å². The van der Waals surface area contributed by atoms with Gasteiger partial charge in [0, 0.05) is 12.5 Å². The van der Waals surface area contributed by atoms with Gasteiger partial charge in [0.25, 0.3) is 0 Å². The summed E-state index contributed by atoms with van der Waals surface area (Å²) in [6.45, 7) is 8.55. The van der Waals surface area contributed by atoms with Crippen LogP contribution in [0.3, 0.4) is 0 Å². The molecule has 1 fully saturated rings. The van der Waals surface area contributed by atoms with E-state index < -0.39 is 0 Å². The molecule has 1 aliphatic heterocycles. The van der Waals surface area contributed by atoms with Gasteiger partial charge >= 0.3 is 0 Å². The highest BCUT2D eigenvalue weighted by molar-refractivity contribution is 5.12. The topological polar surface area (TPSA) is 38.1 Å². The van der Waals surface area contributed by atoms with E-state index in [1.165, 1.54) is 0 Å². The van der Waals surface area contributed by atoms with Crippen LogP contribution in [-0.4, -0.2) is 18.1 Å². The molecule has 1 aliphatic rings. The van der Waals surface area contributed by atoms with Crippen LogP contribution in [0.25, 0.3) is 0 Å². The largest absolute Gasteiger partial charge is 0.445 e. The molecule has 84 valence electrons. The molecule has 2 heterocycles. The van der Waals surface area contributed by atoms with Crippen molar-refractivity contribution in [1.29, 1.82) is 0 Å². The van der Waals surface area contributed by atoms with Crippen LogP contribution in [0, 0.1) is 12.8 Å². The fourth-order valence-electron chi connectivity index (χ4n) is 2.07. The Morgan fingerprint density at radius 3 is 2.93 bits per heavy atom. The second-order valence-electron chi connectivity index (χ2n) is 4.84. The minimum atomic E-state index is 0.490. The minimum Gasteiger partial charge on any atom is -0.445 e. The molecule has 0 saturated carbocycles. The summed E-state index contributed by atoms with van der Waals surface area (Å²) in [6.07, 6.45) is 2.18. The number of oxazole rings is 1. The second-order valence-corrected chi connectivity index (χ2v) is 4.84.